The maximum Gasteiger partial charge on any atom is 0.00469 e. The van der Waals surface area contributed by atoms with Crippen LogP contribution in [0.15, 0.2) is 39.6 Å². The summed E-state index contributed by atoms with van der Waals surface area (Å²) in [6, 6.07) is 10.9. The number of nitrogens with zero attached hydrogens (tertiary/aromatic N) is 1. The quantitative estimate of drug-likeness (QED) is 0.459. The Balaban J connectivity index is 3.07. The normalized spacial score (nSPS) is 12.3. The summed E-state index contributed by atoms with van der Waals surface area (Å²) in [6.07, 6.45) is 4.86. The summed E-state index contributed by atoms with van der Waals surface area (Å²) in [5.74, 6) is 0. The summed E-state index contributed by atoms with van der Waals surface area (Å²) >= 11 is 0. The second kappa shape index (κ2) is 3.79. The van der Waals surface area contributed by atoms with E-state index in [0.717, 1.165) is 0 Å². The predicted octanol–water partition coefficient (Wildman–Crippen LogP) is 1.78. The highest BCUT2D eigenvalue weighted by molar-refractivity contribution is 7.75. The lowest BCUT2D eigenvalue weighted by Gasteiger charge is -1.99. The van der Waals surface area contributed by atoms with Crippen molar-refractivity contribution in [2.24, 2.45) is 4.36 Å². The van der Waals surface area contributed by atoms with E-state index < -0.39 is 10.6 Å². The highest BCUT2D eigenvalue weighted by Gasteiger charge is 1.76. The van der Waals surface area contributed by atoms with Crippen LogP contribution in [-0.4, -0.2) is 0 Å². The molecule has 2 nitrogen and oxygen atoms in total. The van der Waals surface area contributed by atoms with Gasteiger partial charge in [0, 0.05) is 6.04 Å². The van der Waals surface area contributed by atoms with E-state index in [1.54, 1.807) is 24.3 Å². The number of terminal acetylenes is 1. The van der Waals surface area contributed by atoms with Crippen molar-refractivity contribution in [1.82, 2.24) is 0 Å². The van der Waals surface area contributed by atoms with Crippen molar-refractivity contribution in [1.29, 1.82) is 0 Å². The minimum absolute atomic E-state index is 0.630. The Kier molecular flexibility index (Phi) is 2.70. The van der Waals surface area contributed by atoms with Crippen LogP contribution in [0.2, 0.25) is 0 Å². The number of hydrogen-bond donors (Lipinski definition) is 0. The van der Waals surface area contributed by atoms with Crippen molar-refractivity contribution >= 4 is 10.6 Å². The molecule has 0 unspecified atom stereocenters. The van der Waals surface area contributed by atoms with Gasteiger partial charge in [0.15, 0.2) is 0 Å². The van der Waals surface area contributed by atoms with Crippen molar-refractivity contribution in [3.63, 3.8) is 0 Å². The molecule has 0 atom stereocenters. The fraction of sp³-hybridized carbons (Fsp3) is 0. The zero-order valence-corrected chi connectivity index (χ0v) is 6.54. The summed E-state index contributed by atoms with van der Waals surface area (Å²) in [4.78, 5) is 0.630. The molecule has 0 bridgehead atoms. The van der Waals surface area contributed by atoms with Gasteiger partial charge < -0.3 is 8.57 Å². The average Bonchev–Trinajstić information content (AvgIpc) is 2.07. The fourth-order valence-electron chi connectivity index (χ4n) is 0.637. The van der Waals surface area contributed by atoms with E-state index in [4.69, 9.17) is 6.42 Å². The Morgan fingerprint density at radius 1 is 1.36 bits per heavy atom. The number of rotatable bonds is 1. The molecule has 0 fully saturated rings. The van der Waals surface area contributed by atoms with Gasteiger partial charge in [0.1, 0.15) is 0 Å². The van der Waals surface area contributed by atoms with Crippen LogP contribution in [0.1, 0.15) is 0 Å². The van der Waals surface area contributed by atoms with Crippen LogP contribution in [0.25, 0.3) is 0 Å². The summed E-state index contributed by atoms with van der Waals surface area (Å²) in [5.41, 5.74) is 0. The van der Waals surface area contributed by atoms with Gasteiger partial charge >= 0.3 is 0 Å². The standard InChI is InChI=1S/C8H6NOS/c1-2-9-11(10)8-6-4-3-5-7-8/h1,3-7H/q-1. The van der Waals surface area contributed by atoms with E-state index in [9.17, 15) is 4.21 Å². The van der Waals surface area contributed by atoms with Gasteiger partial charge in [-0.2, -0.15) is 0 Å². The monoisotopic (exact) mass is 164 g/mol. The fourth-order valence-corrected chi connectivity index (χ4v) is 1.23. The minimum atomic E-state index is -1.39. The van der Waals surface area contributed by atoms with Crippen LogP contribution in [0, 0.1) is 12.5 Å². The predicted molar refractivity (Wildman–Crippen MR) is 44.0 cm³/mol. The summed E-state index contributed by atoms with van der Waals surface area (Å²) in [5, 5.41) is 0. The second-order valence-corrected chi connectivity index (χ2v) is 2.93. The van der Waals surface area contributed by atoms with Crippen molar-refractivity contribution in [2.45, 2.75) is 4.90 Å². The molecule has 1 aromatic carbocycles. The Bertz CT molecular complexity index is 344. The van der Waals surface area contributed by atoms with Gasteiger partial charge in [-0.05, 0) is 0 Å². The first-order chi connectivity index (χ1) is 5.34. The first-order valence-electron chi connectivity index (χ1n) is 2.98. The van der Waals surface area contributed by atoms with Crippen molar-refractivity contribution < 1.29 is 4.21 Å². The second-order valence-electron chi connectivity index (χ2n) is 1.78. The Hall–Kier alpha value is -1.27. The van der Waals surface area contributed by atoms with E-state index in [-0.39, 0.29) is 0 Å². The van der Waals surface area contributed by atoms with E-state index >= 15 is 0 Å². The summed E-state index contributed by atoms with van der Waals surface area (Å²) < 4.78 is 14.4. The SMILES string of the molecule is C#CN=[S-](=O)c1ccccc1. The highest BCUT2D eigenvalue weighted by atomic mass is 32.2. The lowest BCUT2D eigenvalue weighted by Crippen LogP contribution is -1.75. The largest absolute Gasteiger partial charge is 0.439 e. The van der Waals surface area contributed by atoms with Crippen molar-refractivity contribution in [3.05, 3.63) is 30.3 Å². The molecule has 1 rings (SSSR count). The van der Waals surface area contributed by atoms with Crippen LogP contribution in [0.5, 0.6) is 0 Å². The topological polar surface area (TPSA) is 29.4 Å². The number of benzene rings is 1. The molecule has 56 valence electrons. The van der Waals surface area contributed by atoms with E-state index in [1.165, 1.54) is 0 Å². The molecular formula is C8H6NOS-. The maximum absolute atomic E-state index is 11.0. The first kappa shape index (κ1) is 7.83. The molecule has 0 saturated heterocycles. The number of hydrogen-bond acceptors (Lipinski definition) is 3. The Labute approximate surface area is 67.5 Å². The van der Waals surface area contributed by atoms with Gasteiger partial charge in [-0.1, -0.05) is 41.7 Å². The van der Waals surface area contributed by atoms with Crippen molar-refractivity contribution in [3.8, 4) is 12.5 Å². The molecular weight excluding hydrogens is 158 g/mol. The molecule has 3 heteroatoms. The van der Waals surface area contributed by atoms with Crippen LogP contribution < -0.4 is 0 Å². The zero-order valence-electron chi connectivity index (χ0n) is 5.73. The molecule has 0 N–H and O–H groups in total. The molecule has 1 aromatic rings. The molecule has 0 amide bonds. The maximum atomic E-state index is 11.0. The van der Waals surface area contributed by atoms with Gasteiger partial charge in [-0.25, -0.2) is 0 Å². The molecule has 0 aromatic heterocycles. The average molecular weight is 164 g/mol. The van der Waals surface area contributed by atoms with Gasteiger partial charge in [0.05, 0.1) is 0 Å². The molecule has 0 spiro atoms. The third kappa shape index (κ3) is 2.10. The van der Waals surface area contributed by atoms with E-state index in [1.807, 2.05) is 12.1 Å². The van der Waals surface area contributed by atoms with Gasteiger partial charge in [-0.15, -0.1) is 10.6 Å². The molecule has 0 aliphatic rings. The molecule has 0 radical (unpaired) electrons. The van der Waals surface area contributed by atoms with Crippen LogP contribution >= 0.6 is 0 Å². The molecule has 0 saturated carbocycles. The molecule has 0 aliphatic heterocycles. The third-order valence-corrected chi connectivity index (χ3v) is 2.03. The molecule has 0 aliphatic carbocycles. The summed E-state index contributed by atoms with van der Waals surface area (Å²) in [6.45, 7) is 0. The van der Waals surface area contributed by atoms with Crippen LogP contribution in [0.3, 0.4) is 0 Å². The van der Waals surface area contributed by atoms with Crippen LogP contribution in [0.4, 0.5) is 0 Å². The summed E-state index contributed by atoms with van der Waals surface area (Å²) in [7, 11) is -1.39. The zero-order chi connectivity index (χ0) is 8.10. The van der Waals surface area contributed by atoms with E-state index in [0.29, 0.717) is 4.90 Å². The van der Waals surface area contributed by atoms with Crippen LogP contribution in [-0.2, 0) is 14.8 Å². The van der Waals surface area contributed by atoms with Crippen molar-refractivity contribution in [2.75, 3.05) is 0 Å². The van der Waals surface area contributed by atoms with Gasteiger partial charge in [0.25, 0.3) is 0 Å². The van der Waals surface area contributed by atoms with Gasteiger partial charge in [0.2, 0.25) is 0 Å². The first-order valence-corrected chi connectivity index (χ1v) is 4.08. The smallest absolute Gasteiger partial charge is 0.00469 e. The minimum Gasteiger partial charge on any atom is -0.439 e. The Morgan fingerprint density at radius 2 is 2.00 bits per heavy atom. The lowest BCUT2D eigenvalue weighted by atomic mass is 10.4. The molecule has 0 heterocycles. The third-order valence-electron chi connectivity index (χ3n) is 1.08. The lowest BCUT2D eigenvalue weighted by molar-refractivity contribution is 0.600. The molecule has 11 heavy (non-hydrogen) atoms. The van der Waals surface area contributed by atoms with Gasteiger partial charge in [-0.3, -0.25) is 0 Å². The highest BCUT2D eigenvalue weighted by Crippen LogP contribution is 2.00. The van der Waals surface area contributed by atoms with E-state index in [2.05, 4.69) is 4.36 Å². The Morgan fingerprint density at radius 3 is 2.55 bits per heavy atom.